The summed E-state index contributed by atoms with van der Waals surface area (Å²) in [5.74, 6) is -1.28. The Morgan fingerprint density at radius 2 is 1.91 bits per heavy atom. The SMILES string of the molecule is CCOC(=O)c1ccc2c(c1)sc(=NC(=O)C1CCCN(S(=O)(=O)c3ccc(Cl)cc3)C1)n2CC. The zero-order valence-electron chi connectivity index (χ0n) is 19.4. The molecule has 4 rings (SSSR count). The van der Waals surface area contributed by atoms with Gasteiger partial charge in [0.1, 0.15) is 0 Å². The Labute approximate surface area is 212 Å². The van der Waals surface area contributed by atoms with Gasteiger partial charge in [0.2, 0.25) is 10.0 Å². The van der Waals surface area contributed by atoms with Gasteiger partial charge in [-0.15, -0.1) is 0 Å². The van der Waals surface area contributed by atoms with Crippen molar-refractivity contribution in [1.82, 2.24) is 8.87 Å². The monoisotopic (exact) mass is 535 g/mol. The molecule has 1 saturated heterocycles. The highest BCUT2D eigenvalue weighted by Crippen LogP contribution is 2.26. The first-order valence-corrected chi connectivity index (χ1v) is 14.0. The molecule has 11 heteroatoms. The number of nitrogens with zero attached hydrogens (tertiary/aromatic N) is 3. The number of thiazole rings is 1. The molecule has 0 saturated carbocycles. The normalized spacial score (nSPS) is 17.6. The van der Waals surface area contributed by atoms with E-state index in [0.717, 1.165) is 10.2 Å². The first kappa shape index (κ1) is 25.6. The van der Waals surface area contributed by atoms with Crippen LogP contribution in [-0.2, 0) is 26.1 Å². The minimum absolute atomic E-state index is 0.0807. The van der Waals surface area contributed by atoms with E-state index < -0.39 is 21.9 Å². The van der Waals surface area contributed by atoms with Crippen molar-refractivity contribution >= 4 is 55.1 Å². The quantitative estimate of drug-likeness (QED) is 0.443. The predicted octanol–water partition coefficient (Wildman–Crippen LogP) is 4.08. The largest absolute Gasteiger partial charge is 0.462 e. The average molecular weight is 536 g/mol. The zero-order chi connectivity index (χ0) is 25.2. The van der Waals surface area contributed by atoms with Gasteiger partial charge in [-0.1, -0.05) is 22.9 Å². The number of sulfonamides is 1. The fraction of sp³-hybridized carbons (Fsp3) is 0.375. The topological polar surface area (TPSA) is 98.0 Å². The molecule has 1 amide bonds. The molecule has 1 fully saturated rings. The number of halogens is 1. The number of carbonyl (C=O) groups excluding carboxylic acids is 2. The lowest BCUT2D eigenvalue weighted by atomic mass is 9.99. The second-order valence-corrected chi connectivity index (χ2v) is 11.5. The minimum Gasteiger partial charge on any atom is -0.462 e. The fourth-order valence-corrected chi connectivity index (χ4v) is 6.90. The van der Waals surface area contributed by atoms with Crippen LogP contribution in [0.3, 0.4) is 0 Å². The van der Waals surface area contributed by atoms with Crippen LogP contribution in [0.2, 0.25) is 5.02 Å². The molecule has 0 N–H and O–H groups in total. The molecular formula is C24H26ClN3O5S2. The minimum atomic E-state index is -3.73. The van der Waals surface area contributed by atoms with Crippen LogP contribution < -0.4 is 4.80 Å². The second kappa shape index (κ2) is 10.6. The molecule has 1 aliphatic heterocycles. The van der Waals surface area contributed by atoms with E-state index in [4.69, 9.17) is 16.3 Å². The second-order valence-electron chi connectivity index (χ2n) is 8.14. The molecule has 1 aliphatic rings. The van der Waals surface area contributed by atoms with Crippen LogP contribution in [0.5, 0.6) is 0 Å². The van der Waals surface area contributed by atoms with E-state index in [1.807, 2.05) is 17.6 Å². The smallest absolute Gasteiger partial charge is 0.338 e. The molecule has 0 radical (unpaired) electrons. The molecule has 1 aromatic heterocycles. The Morgan fingerprint density at radius 3 is 2.60 bits per heavy atom. The van der Waals surface area contributed by atoms with Crippen molar-refractivity contribution in [3.05, 3.63) is 57.9 Å². The number of hydrogen-bond acceptors (Lipinski definition) is 6. The first-order valence-electron chi connectivity index (χ1n) is 11.4. The number of rotatable bonds is 6. The number of ether oxygens (including phenoxy) is 1. The van der Waals surface area contributed by atoms with Crippen molar-refractivity contribution in [3.8, 4) is 0 Å². The molecule has 35 heavy (non-hydrogen) atoms. The first-order chi connectivity index (χ1) is 16.7. The summed E-state index contributed by atoms with van der Waals surface area (Å²) in [6, 6.07) is 11.3. The molecule has 0 bridgehead atoms. The van der Waals surface area contributed by atoms with Gasteiger partial charge in [-0.25, -0.2) is 13.2 Å². The van der Waals surface area contributed by atoms with Crippen LogP contribution in [0.15, 0.2) is 52.4 Å². The van der Waals surface area contributed by atoms with E-state index >= 15 is 0 Å². The van der Waals surface area contributed by atoms with E-state index in [9.17, 15) is 18.0 Å². The van der Waals surface area contributed by atoms with Crippen molar-refractivity contribution in [2.45, 2.75) is 38.1 Å². The van der Waals surface area contributed by atoms with Crippen LogP contribution in [-0.4, -0.2) is 48.9 Å². The van der Waals surface area contributed by atoms with Gasteiger partial charge in [-0.05, 0) is 69.2 Å². The van der Waals surface area contributed by atoms with Gasteiger partial charge in [-0.3, -0.25) is 4.79 Å². The number of fused-ring (bicyclic) bond motifs is 1. The third-order valence-corrected chi connectivity index (χ3v) is 9.07. The Balaban J connectivity index is 1.61. The van der Waals surface area contributed by atoms with Crippen LogP contribution in [0.25, 0.3) is 10.2 Å². The number of hydrogen-bond donors (Lipinski definition) is 0. The Kier molecular flexibility index (Phi) is 7.75. The van der Waals surface area contributed by atoms with E-state index in [2.05, 4.69) is 4.99 Å². The molecule has 2 heterocycles. The molecule has 8 nitrogen and oxygen atoms in total. The van der Waals surface area contributed by atoms with E-state index in [-0.39, 0.29) is 24.0 Å². The summed E-state index contributed by atoms with van der Waals surface area (Å²) in [7, 11) is -3.73. The van der Waals surface area contributed by atoms with Crippen molar-refractivity contribution < 1.29 is 22.7 Å². The standard InChI is InChI=1S/C24H26ClN3O5S2/c1-3-28-20-12-7-16(23(30)33-4-2)14-21(20)34-24(28)26-22(29)17-6-5-13-27(15-17)35(31,32)19-10-8-18(25)9-11-19/h7-12,14,17H,3-6,13,15H2,1-2H3. The van der Waals surface area contributed by atoms with Crippen LogP contribution in [0, 0.1) is 5.92 Å². The highest BCUT2D eigenvalue weighted by Gasteiger charge is 2.33. The predicted molar refractivity (Wildman–Crippen MR) is 135 cm³/mol. The Bertz CT molecular complexity index is 1430. The fourth-order valence-electron chi connectivity index (χ4n) is 4.11. The zero-order valence-corrected chi connectivity index (χ0v) is 21.8. The maximum Gasteiger partial charge on any atom is 0.338 e. The van der Waals surface area contributed by atoms with Crippen LogP contribution >= 0.6 is 22.9 Å². The summed E-state index contributed by atoms with van der Waals surface area (Å²) in [5.41, 5.74) is 1.31. The average Bonchev–Trinajstić information content (AvgIpc) is 3.20. The van der Waals surface area contributed by atoms with Crippen molar-refractivity contribution in [2.75, 3.05) is 19.7 Å². The van der Waals surface area contributed by atoms with Crippen molar-refractivity contribution in [1.29, 1.82) is 0 Å². The summed E-state index contributed by atoms with van der Waals surface area (Å²) in [6.45, 7) is 5.02. The number of aromatic nitrogens is 1. The van der Waals surface area contributed by atoms with Gasteiger partial charge >= 0.3 is 5.97 Å². The molecule has 0 aliphatic carbocycles. The molecule has 3 aromatic rings. The lowest BCUT2D eigenvalue weighted by molar-refractivity contribution is -0.122. The summed E-state index contributed by atoms with van der Waals surface area (Å²) in [4.78, 5) is 30.3. The van der Waals surface area contributed by atoms with Gasteiger partial charge in [-0.2, -0.15) is 9.30 Å². The number of carbonyl (C=O) groups is 2. The lowest BCUT2D eigenvalue weighted by Crippen LogP contribution is -2.42. The van der Waals surface area contributed by atoms with E-state index in [1.54, 1.807) is 19.1 Å². The number of amides is 1. The van der Waals surface area contributed by atoms with Gasteiger partial charge in [0.05, 0.1) is 33.2 Å². The highest BCUT2D eigenvalue weighted by molar-refractivity contribution is 7.89. The molecule has 0 spiro atoms. The third-order valence-electron chi connectivity index (χ3n) is 5.90. The summed E-state index contributed by atoms with van der Waals surface area (Å²) in [6.07, 6.45) is 1.14. The Morgan fingerprint density at radius 1 is 1.17 bits per heavy atom. The number of esters is 1. The summed E-state index contributed by atoms with van der Waals surface area (Å²) in [5, 5.41) is 0.455. The van der Waals surface area contributed by atoms with Crippen molar-refractivity contribution in [3.63, 3.8) is 0 Å². The number of piperidine rings is 1. The van der Waals surface area contributed by atoms with E-state index in [0.29, 0.717) is 41.3 Å². The van der Waals surface area contributed by atoms with Gasteiger partial charge in [0, 0.05) is 24.7 Å². The molecule has 2 aromatic carbocycles. The van der Waals surface area contributed by atoms with Crippen LogP contribution in [0.4, 0.5) is 0 Å². The maximum absolute atomic E-state index is 13.1. The van der Waals surface area contributed by atoms with E-state index in [1.165, 1.54) is 39.9 Å². The molecule has 1 atom stereocenters. The Hall–Kier alpha value is -2.53. The lowest BCUT2D eigenvalue weighted by Gasteiger charge is -2.30. The maximum atomic E-state index is 13.1. The highest BCUT2D eigenvalue weighted by atomic mass is 35.5. The number of aryl methyl sites for hydroxylation is 1. The van der Waals surface area contributed by atoms with Crippen LogP contribution in [0.1, 0.15) is 37.0 Å². The molecule has 1 unspecified atom stereocenters. The van der Waals surface area contributed by atoms with Crippen molar-refractivity contribution in [2.24, 2.45) is 10.9 Å². The third kappa shape index (κ3) is 5.35. The molecule has 186 valence electrons. The summed E-state index contributed by atoms with van der Waals surface area (Å²) < 4.78 is 35.3. The van der Waals surface area contributed by atoms with Gasteiger partial charge in [0.25, 0.3) is 5.91 Å². The van der Waals surface area contributed by atoms with Gasteiger partial charge < -0.3 is 9.30 Å². The number of benzene rings is 2. The molecular weight excluding hydrogens is 510 g/mol. The summed E-state index contributed by atoms with van der Waals surface area (Å²) >= 11 is 7.21. The van der Waals surface area contributed by atoms with Gasteiger partial charge in [0.15, 0.2) is 4.80 Å².